The average molecular weight is 240 g/mol. The minimum Gasteiger partial charge on any atom is -0.389 e. The van der Waals surface area contributed by atoms with E-state index in [-0.39, 0.29) is 6.54 Å². The molecule has 7 nitrogen and oxygen atoms in total. The SMILES string of the molecule is CC(O)C(O)(C1CNCCN1)S(=O)(=O)O. The molecule has 0 radical (unpaired) electrons. The van der Waals surface area contributed by atoms with Crippen LogP contribution in [0.4, 0.5) is 0 Å². The fourth-order valence-electron chi connectivity index (χ4n) is 1.63. The number of hydrogen-bond donors (Lipinski definition) is 5. The monoisotopic (exact) mass is 240 g/mol. The molecule has 0 bridgehead atoms. The van der Waals surface area contributed by atoms with E-state index < -0.39 is 27.2 Å². The standard InChI is InChI=1S/C7H16N2O5S/c1-5(10)7(11,15(12,13)14)6-4-8-2-3-9-6/h5-6,8-11H,2-4H2,1H3,(H,12,13,14). The highest BCUT2D eigenvalue weighted by atomic mass is 32.2. The first-order chi connectivity index (χ1) is 6.80. The minimum atomic E-state index is -4.76. The van der Waals surface area contributed by atoms with Crippen molar-refractivity contribution in [2.75, 3.05) is 19.6 Å². The smallest absolute Gasteiger partial charge is 0.299 e. The van der Waals surface area contributed by atoms with Crippen molar-refractivity contribution < 1.29 is 23.2 Å². The lowest BCUT2D eigenvalue weighted by atomic mass is 10.0. The molecule has 1 heterocycles. The van der Waals surface area contributed by atoms with E-state index in [0.29, 0.717) is 13.1 Å². The normalized spacial score (nSPS) is 29.5. The van der Waals surface area contributed by atoms with Gasteiger partial charge >= 0.3 is 0 Å². The van der Waals surface area contributed by atoms with Crippen LogP contribution in [0.1, 0.15) is 6.92 Å². The van der Waals surface area contributed by atoms with Crippen LogP contribution >= 0.6 is 0 Å². The minimum absolute atomic E-state index is 0.154. The van der Waals surface area contributed by atoms with Crippen LogP contribution in [0.2, 0.25) is 0 Å². The van der Waals surface area contributed by atoms with Gasteiger partial charge in [-0.2, -0.15) is 8.42 Å². The van der Waals surface area contributed by atoms with Gasteiger partial charge in [-0.25, -0.2) is 0 Å². The van der Waals surface area contributed by atoms with Gasteiger partial charge in [0.05, 0.1) is 12.1 Å². The molecule has 3 atom stereocenters. The first kappa shape index (κ1) is 12.8. The highest BCUT2D eigenvalue weighted by Crippen LogP contribution is 2.23. The zero-order valence-corrected chi connectivity index (χ0v) is 9.16. The van der Waals surface area contributed by atoms with Gasteiger partial charge in [-0.15, -0.1) is 0 Å². The number of aliphatic hydroxyl groups excluding tert-OH is 1. The molecular formula is C7H16N2O5S. The maximum atomic E-state index is 11.1. The third-order valence-electron chi connectivity index (χ3n) is 2.55. The molecule has 1 rings (SSSR count). The summed E-state index contributed by atoms with van der Waals surface area (Å²) < 4.78 is 31.1. The Balaban J connectivity index is 3.00. The lowest BCUT2D eigenvalue weighted by molar-refractivity contribution is -0.0361. The van der Waals surface area contributed by atoms with Crippen molar-refractivity contribution in [3.05, 3.63) is 0 Å². The zero-order chi connectivity index (χ0) is 11.7. The highest BCUT2D eigenvalue weighted by Gasteiger charge is 2.52. The maximum Gasteiger partial charge on any atom is 0.299 e. The van der Waals surface area contributed by atoms with Crippen LogP contribution in [0.15, 0.2) is 0 Å². The van der Waals surface area contributed by atoms with E-state index in [0.717, 1.165) is 6.92 Å². The first-order valence-electron chi connectivity index (χ1n) is 4.61. The van der Waals surface area contributed by atoms with Crippen LogP contribution in [-0.4, -0.2) is 59.9 Å². The van der Waals surface area contributed by atoms with Gasteiger partial charge in [0.15, 0.2) is 0 Å². The summed E-state index contributed by atoms with van der Waals surface area (Å²) in [6.07, 6.45) is -1.59. The highest BCUT2D eigenvalue weighted by molar-refractivity contribution is 7.87. The molecule has 0 aromatic carbocycles. The first-order valence-corrected chi connectivity index (χ1v) is 6.05. The molecule has 15 heavy (non-hydrogen) atoms. The predicted octanol–water partition coefficient (Wildman–Crippen LogP) is -2.49. The van der Waals surface area contributed by atoms with Gasteiger partial charge in [-0.05, 0) is 6.92 Å². The molecule has 90 valence electrons. The summed E-state index contributed by atoms with van der Waals surface area (Å²) in [5.41, 5.74) is 0. The molecule has 5 N–H and O–H groups in total. The topological polar surface area (TPSA) is 119 Å². The zero-order valence-electron chi connectivity index (χ0n) is 8.34. The Kier molecular flexibility index (Phi) is 3.69. The van der Waals surface area contributed by atoms with Crippen molar-refractivity contribution in [1.29, 1.82) is 0 Å². The molecule has 1 aliphatic heterocycles. The van der Waals surface area contributed by atoms with Crippen molar-refractivity contribution in [2.24, 2.45) is 0 Å². The molecule has 0 aliphatic carbocycles. The van der Waals surface area contributed by atoms with Crippen molar-refractivity contribution in [3.63, 3.8) is 0 Å². The predicted molar refractivity (Wildman–Crippen MR) is 52.8 cm³/mol. The van der Waals surface area contributed by atoms with Crippen LogP contribution in [0.5, 0.6) is 0 Å². The lowest BCUT2D eigenvalue weighted by Crippen LogP contribution is -2.67. The fourth-order valence-corrected chi connectivity index (χ4v) is 2.59. The number of hydrogen-bond acceptors (Lipinski definition) is 6. The van der Waals surface area contributed by atoms with E-state index in [4.69, 9.17) is 4.55 Å². The van der Waals surface area contributed by atoms with Gasteiger partial charge in [0.25, 0.3) is 10.1 Å². The van der Waals surface area contributed by atoms with Gasteiger partial charge in [0.1, 0.15) is 0 Å². The third kappa shape index (κ3) is 2.30. The molecule has 0 spiro atoms. The maximum absolute atomic E-state index is 11.1. The Morgan fingerprint density at radius 2 is 2.07 bits per heavy atom. The van der Waals surface area contributed by atoms with Crippen molar-refractivity contribution >= 4 is 10.1 Å². The van der Waals surface area contributed by atoms with Crippen molar-refractivity contribution in [3.8, 4) is 0 Å². The lowest BCUT2D eigenvalue weighted by Gasteiger charge is -2.38. The summed E-state index contributed by atoms with van der Waals surface area (Å²) in [5.74, 6) is 0. The molecule has 0 aromatic heterocycles. The average Bonchev–Trinajstić information content (AvgIpc) is 2.16. The van der Waals surface area contributed by atoms with Gasteiger partial charge < -0.3 is 20.8 Å². The Bertz CT molecular complexity index is 311. The van der Waals surface area contributed by atoms with E-state index in [2.05, 4.69) is 10.6 Å². The second-order valence-corrected chi connectivity index (χ2v) is 5.22. The summed E-state index contributed by atoms with van der Waals surface area (Å²) in [6, 6.07) is -0.943. The molecular weight excluding hydrogens is 224 g/mol. The van der Waals surface area contributed by atoms with Gasteiger partial charge in [-0.1, -0.05) is 0 Å². The molecule has 1 saturated heterocycles. The molecule has 0 amide bonds. The molecule has 1 fully saturated rings. The molecule has 8 heteroatoms. The van der Waals surface area contributed by atoms with E-state index in [1.807, 2.05) is 0 Å². The van der Waals surface area contributed by atoms with Gasteiger partial charge in [0.2, 0.25) is 4.93 Å². The van der Waals surface area contributed by atoms with E-state index in [1.54, 1.807) is 0 Å². The summed E-state index contributed by atoms with van der Waals surface area (Å²) in [7, 11) is -4.76. The van der Waals surface area contributed by atoms with E-state index >= 15 is 0 Å². The van der Waals surface area contributed by atoms with E-state index in [1.165, 1.54) is 0 Å². The molecule has 0 saturated carbocycles. The van der Waals surface area contributed by atoms with Gasteiger partial charge in [-0.3, -0.25) is 4.55 Å². The number of rotatable bonds is 3. The summed E-state index contributed by atoms with van der Waals surface area (Å²) in [4.78, 5) is -2.58. The van der Waals surface area contributed by atoms with E-state index in [9.17, 15) is 18.6 Å². The Morgan fingerprint density at radius 1 is 1.47 bits per heavy atom. The Morgan fingerprint density at radius 3 is 2.40 bits per heavy atom. The molecule has 1 aliphatic rings. The Labute approximate surface area is 88.2 Å². The van der Waals surface area contributed by atoms with Crippen LogP contribution in [0.3, 0.4) is 0 Å². The summed E-state index contributed by atoms with van der Waals surface area (Å²) >= 11 is 0. The number of aliphatic hydroxyl groups is 2. The molecule has 0 aromatic rings. The van der Waals surface area contributed by atoms with Crippen LogP contribution in [0.25, 0.3) is 0 Å². The second-order valence-electron chi connectivity index (χ2n) is 3.61. The van der Waals surface area contributed by atoms with Crippen molar-refractivity contribution in [2.45, 2.75) is 24.0 Å². The molecule has 3 unspecified atom stereocenters. The fraction of sp³-hybridized carbons (Fsp3) is 1.00. The Hall–Kier alpha value is -0.250. The number of piperazine rings is 1. The third-order valence-corrected chi connectivity index (χ3v) is 4.00. The largest absolute Gasteiger partial charge is 0.389 e. The van der Waals surface area contributed by atoms with Crippen molar-refractivity contribution in [1.82, 2.24) is 10.6 Å². The van der Waals surface area contributed by atoms with Crippen LogP contribution in [-0.2, 0) is 10.1 Å². The summed E-state index contributed by atoms with van der Waals surface area (Å²) in [5, 5.41) is 24.8. The summed E-state index contributed by atoms with van der Waals surface area (Å²) in [6.45, 7) is 2.36. The second kappa shape index (κ2) is 4.32. The number of nitrogens with one attached hydrogen (secondary N) is 2. The van der Waals surface area contributed by atoms with Gasteiger partial charge in [0, 0.05) is 19.6 Å². The van der Waals surface area contributed by atoms with Crippen LogP contribution < -0.4 is 10.6 Å². The van der Waals surface area contributed by atoms with Crippen LogP contribution in [0, 0.1) is 0 Å². The quantitative estimate of drug-likeness (QED) is 0.346.